The molecule has 3 N–H and O–H groups in total. The van der Waals surface area contributed by atoms with Crippen LogP contribution in [-0.2, 0) is 4.79 Å². The first-order chi connectivity index (χ1) is 6.02. The molecule has 0 saturated heterocycles. The van der Waals surface area contributed by atoms with Crippen LogP contribution in [-0.4, -0.2) is 5.91 Å². The van der Waals surface area contributed by atoms with Crippen molar-refractivity contribution in [2.24, 2.45) is 5.73 Å². The lowest BCUT2D eigenvalue weighted by atomic mass is 10.0. The quantitative estimate of drug-likeness (QED) is 0.735. The second-order valence-electron chi connectivity index (χ2n) is 3.19. The van der Waals surface area contributed by atoms with Crippen molar-refractivity contribution in [2.75, 3.05) is 0 Å². The fourth-order valence-corrected chi connectivity index (χ4v) is 1.11. The lowest BCUT2D eigenvalue weighted by Gasteiger charge is -2.09. The average molecular weight is 177 g/mol. The number of nitrogens with one attached hydrogen (secondary N) is 1. The Morgan fingerprint density at radius 2 is 2.00 bits per heavy atom. The lowest BCUT2D eigenvalue weighted by Crippen LogP contribution is -2.21. The second-order valence-corrected chi connectivity index (χ2v) is 3.19. The number of amides is 1. The number of hydrogen-bond acceptors (Lipinski definition) is 2. The molecule has 1 aromatic rings. The molecule has 3 heteroatoms. The van der Waals surface area contributed by atoms with Gasteiger partial charge in [0, 0.05) is 0 Å². The summed E-state index contributed by atoms with van der Waals surface area (Å²) >= 11 is 0. The largest absolute Gasteiger partial charge is 0.316 e. The predicted molar refractivity (Wildman–Crippen MR) is 50.9 cm³/mol. The van der Waals surface area contributed by atoms with Gasteiger partial charge in [-0.25, -0.2) is 0 Å². The van der Waals surface area contributed by atoms with E-state index in [4.69, 9.17) is 11.5 Å². The van der Waals surface area contributed by atoms with Crippen molar-refractivity contribution in [3.05, 3.63) is 34.9 Å². The van der Waals surface area contributed by atoms with Crippen molar-refractivity contribution in [3.8, 4) is 0 Å². The molecule has 0 bridgehead atoms. The number of hydrogen-bond donors (Lipinski definition) is 1. The van der Waals surface area contributed by atoms with Crippen LogP contribution in [0, 0.1) is 13.8 Å². The van der Waals surface area contributed by atoms with Crippen molar-refractivity contribution >= 4 is 5.91 Å². The molecule has 1 atom stereocenters. The molecule has 3 nitrogen and oxygen atoms in total. The van der Waals surface area contributed by atoms with Crippen LogP contribution in [0.5, 0.6) is 0 Å². The monoisotopic (exact) mass is 177 g/mol. The molecular weight excluding hydrogens is 164 g/mol. The van der Waals surface area contributed by atoms with E-state index in [0.717, 1.165) is 11.1 Å². The SMILES string of the molecule is Cc1ccc(C(N)C([NH])=O)cc1C. The summed E-state index contributed by atoms with van der Waals surface area (Å²) in [5.41, 5.74) is 15.4. The first-order valence-corrected chi connectivity index (χ1v) is 4.10. The zero-order valence-electron chi connectivity index (χ0n) is 7.79. The summed E-state index contributed by atoms with van der Waals surface area (Å²) in [6, 6.07) is 4.75. The van der Waals surface area contributed by atoms with E-state index in [1.54, 1.807) is 6.07 Å². The topological polar surface area (TPSA) is 66.9 Å². The number of aryl methyl sites for hydroxylation is 2. The Hall–Kier alpha value is -1.35. The van der Waals surface area contributed by atoms with E-state index in [2.05, 4.69) is 0 Å². The third-order valence-electron chi connectivity index (χ3n) is 2.17. The Kier molecular flexibility index (Phi) is 2.68. The number of carbonyl (C=O) groups is 1. The van der Waals surface area contributed by atoms with E-state index in [9.17, 15) is 4.79 Å². The van der Waals surface area contributed by atoms with Crippen LogP contribution in [0.3, 0.4) is 0 Å². The average Bonchev–Trinajstić information content (AvgIpc) is 2.08. The van der Waals surface area contributed by atoms with E-state index in [1.807, 2.05) is 26.0 Å². The molecule has 0 aromatic heterocycles. The molecule has 1 amide bonds. The molecule has 0 aliphatic carbocycles. The van der Waals surface area contributed by atoms with Gasteiger partial charge in [-0.15, -0.1) is 0 Å². The third kappa shape index (κ3) is 2.06. The van der Waals surface area contributed by atoms with Crippen LogP contribution in [0.25, 0.3) is 0 Å². The van der Waals surface area contributed by atoms with Crippen molar-refractivity contribution in [1.82, 2.24) is 5.73 Å². The summed E-state index contributed by atoms with van der Waals surface area (Å²) in [4.78, 5) is 10.7. The van der Waals surface area contributed by atoms with Gasteiger partial charge >= 0.3 is 0 Å². The van der Waals surface area contributed by atoms with Crippen LogP contribution < -0.4 is 11.5 Å². The predicted octanol–water partition coefficient (Wildman–Crippen LogP) is 1.11. The molecule has 1 radical (unpaired) electrons. The minimum absolute atomic E-state index is 0.711. The van der Waals surface area contributed by atoms with Crippen molar-refractivity contribution in [1.29, 1.82) is 0 Å². The van der Waals surface area contributed by atoms with Gasteiger partial charge in [-0.2, -0.15) is 0 Å². The van der Waals surface area contributed by atoms with Crippen LogP contribution in [0.2, 0.25) is 0 Å². The van der Waals surface area contributed by atoms with Crippen molar-refractivity contribution in [2.45, 2.75) is 19.9 Å². The molecule has 0 aliphatic heterocycles. The van der Waals surface area contributed by atoms with Gasteiger partial charge in [0.15, 0.2) is 0 Å². The number of benzene rings is 1. The Labute approximate surface area is 77.7 Å². The smallest absolute Gasteiger partial charge is 0.259 e. The van der Waals surface area contributed by atoms with Gasteiger partial charge in [0.2, 0.25) is 0 Å². The normalized spacial score (nSPS) is 12.5. The highest BCUT2D eigenvalue weighted by Gasteiger charge is 2.12. The van der Waals surface area contributed by atoms with Gasteiger partial charge in [-0.1, -0.05) is 18.2 Å². The van der Waals surface area contributed by atoms with Gasteiger partial charge in [0.1, 0.15) is 6.04 Å². The molecule has 0 fully saturated rings. The minimum Gasteiger partial charge on any atom is -0.316 e. The van der Waals surface area contributed by atoms with Gasteiger partial charge in [-0.3, -0.25) is 10.5 Å². The van der Waals surface area contributed by atoms with Crippen molar-refractivity contribution in [3.63, 3.8) is 0 Å². The molecule has 0 saturated carbocycles. The maximum Gasteiger partial charge on any atom is 0.259 e. The third-order valence-corrected chi connectivity index (χ3v) is 2.17. The molecule has 13 heavy (non-hydrogen) atoms. The second kappa shape index (κ2) is 3.58. The zero-order valence-corrected chi connectivity index (χ0v) is 7.79. The molecule has 1 unspecified atom stereocenters. The van der Waals surface area contributed by atoms with Crippen LogP contribution in [0.1, 0.15) is 22.7 Å². The molecular formula is C10H13N2O. The summed E-state index contributed by atoms with van der Waals surface area (Å²) in [5, 5.41) is 0. The van der Waals surface area contributed by atoms with Crippen molar-refractivity contribution < 1.29 is 4.79 Å². The van der Waals surface area contributed by atoms with E-state index in [0.29, 0.717) is 5.56 Å². The van der Waals surface area contributed by atoms with E-state index in [-0.39, 0.29) is 0 Å². The summed E-state index contributed by atoms with van der Waals surface area (Å²) in [6.45, 7) is 3.95. The molecule has 1 aromatic carbocycles. The Morgan fingerprint density at radius 3 is 2.46 bits per heavy atom. The van der Waals surface area contributed by atoms with E-state index in [1.165, 1.54) is 0 Å². The standard InChI is InChI=1S/C10H13N2O/c1-6-3-4-8(5-7(6)2)9(11)10(12)13/h3-5,9,12H,11H2,1-2H3. The number of carbonyl (C=O) groups excluding carboxylic acids is 1. The van der Waals surface area contributed by atoms with Crippen LogP contribution in [0.4, 0.5) is 0 Å². The first-order valence-electron chi connectivity index (χ1n) is 4.10. The summed E-state index contributed by atoms with van der Waals surface area (Å²) in [7, 11) is 0. The maximum atomic E-state index is 10.7. The molecule has 0 spiro atoms. The van der Waals surface area contributed by atoms with Gasteiger partial charge in [-0.05, 0) is 30.5 Å². The Morgan fingerprint density at radius 1 is 1.38 bits per heavy atom. The first kappa shape index (κ1) is 9.74. The Balaban J connectivity index is 3.03. The van der Waals surface area contributed by atoms with Crippen LogP contribution >= 0.6 is 0 Å². The van der Waals surface area contributed by atoms with Crippen LogP contribution in [0.15, 0.2) is 18.2 Å². The molecule has 1 rings (SSSR count). The Bertz CT molecular complexity index is 334. The summed E-state index contributed by atoms with van der Waals surface area (Å²) in [6.07, 6.45) is 0. The fraction of sp³-hybridized carbons (Fsp3) is 0.300. The minimum atomic E-state index is -0.806. The van der Waals surface area contributed by atoms with E-state index < -0.39 is 11.9 Å². The highest BCUT2D eigenvalue weighted by Crippen LogP contribution is 2.15. The zero-order chi connectivity index (χ0) is 10.0. The maximum absolute atomic E-state index is 10.7. The van der Waals surface area contributed by atoms with Gasteiger partial charge in [0.05, 0.1) is 0 Å². The van der Waals surface area contributed by atoms with E-state index >= 15 is 0 Å². The molecule has 0 aliphatic rings. The summed E-state index contributed by atoms with van der Waals surface area (Å²) < 4.78 is 0. The van der Waals surface area contributed by atoms with Gasteiger partial charge < -0.3 is 5.73 Å². The number of rotatable bonds is 2. The highest BCUT2D eigenvalue weighted by atomic mass is 16.1. The fourth-order valence-electron chi connectivity index (χ4n) is 1.11. The van der Waals surface area contributed by atoms with Gasteiger partial charge in [0.25, 0.3) is 5.91 Å². The lowest BCUT2D eigenvalue weighted by molar-refractivity contribution is -0.120. The molecule has 69 valence electrons. The molecule has 0 heterocycles. The summed E-state index contributed by atoms with van der Waals surface area (Å²) in [5.74, 6) is -0.747. The number of nitrogens with two attached hydrogens (primary N) is 1. The highest BCUT2D eigenvalue weighted by molar-refractivity contribution is 5.80.